The molecule has 0 atom stereocenters. The highest BCUT2D eigenvalue weighted by Gasteiger charge is 2.15. The first-order valence-electron chi connectivity index (χ1n) is 7.50. The highest BCUT2D eigenvalue weighted by Crippen LogP contribution is 2.34. The van der Waals surface area contributed by atoms with Gasteiger partial charge in [-0.2, -0.15) is 0 Å². The second kappa shape index (κ2) is 5.66. The molecule has 0 saturated heterocycles. The maximum absolute atomic E-state index is 11.4. The SMILES string of the molecule is O=C([O-])c1ccccc1-c1ccccc1-c1nc2ccccc2o1. The van der Waals surface area contributed by atoms with Crippen molar-refractivity contribution in [1.29, 1.82) is 0 Å². The molecule has 4 rings (SSSR count). The van der Waals surface area contributed by atoms with E-state index in [0.717, 1.165) is 16.6 Å². The van der Waals surface area contributed by atoms with Crippen molar-refractivity contribution in [3.8, 4) is 22.6 Å². The second-order valence-electron chi connectivity index (χ2n) is 5.37. The molecular weight excluding hydrogens is 302 g/mol. The first-order valence-corrected chi connectivity index (χ1v) is 7.50. The van der Waals surface area contributed by atoms with Crippen molar-refractivity contribution in [1.82, 2.24) is 4.98 Å². The summed E-state index contributed by atoms with van der Waals surface area (Å²) in [5, 5.41) is 11.4. The van der Waals surface area contributed by atoms with Gasteiger partial charge in [0.25, 0.3) is 0 Å². The summed E-state index contributed by atoms with van der Waals surface area (Å²) >= 11 is 0. The zero-order chi connectivity index (χ0) is 16.5. The van der Waals surface area contributed by atoms with Crippen molar-refractivity contribution in [2.24, 2.45) is 0 Å². The lowest BCUT2D eigenvalue weighted by atomic mass is 9.95. The number of nitrogens with zero attached hydrogens (tertiary/aromatic N) is 1. The maximum atomic E-state index is 11.4. The lowest BCUT2D eigenvalue weighted by Crippen LogP contribution is -2.23. The molecule has 0 fully saturated rings. The molecule has 1 aromatic heterocycles. The van der Waals surface area contributed by atoms with Crippen molar-refractivity contribution < 1.29 is 14.3 Å². The van der Waals surface area contributed by atoms with Crippen LogP contribution < -0.4 is 5.11 Å². The highest BCUT2D eigenvalue weighted by atomic mass is 16.4. The summed E-state index contributed by atoms with van der Waals surface area (Å²) in [6.07, 6.45) is 0. The summed E-state index contributed by atoms with van der Waals surface area (Å²) in [7, 11) is 0. The molecule has 0 spiro atoms. The number of hydrogen-bond acceptors (Lipinski definition) is 4. The van der Waals surface area contributed by atoms with Gasteiger partial charge in [0.15, 0.2) is 5.58 Å². The number of carbonyl (C=O) groups excluding carboxylic acids is 1. The van der Waals surface area contributed by atoms with Crippen LogP contribution in [0.4, 0.5) is 0 Å². The topological polar surface area (TPSA) is 66.2 Å². The second-order valence-corrected chi connectivity index (χ2v) is 5.37. The Hall–Kier alpha value is -3.40. The van der Waals surface area contributed by atoms with Gasteiger partial charge >= 0.3 is 0 Å². The number of aromatic nitrogens is 1. The average molecular weight is 314 g/mol. The Morgan fingerprint density at radius 2 is 1.42 bits per heavy atom. The van der Waals surface area contributed by atoms with E-state index in [4.69, 9.17) is 4.42 Å². The summed E-state index contributed by atoms with van der Waals surface area (Å²) in [6.45, 7) is 0. The fourth-order valence-electron chi connectivity index (χ4n) is 2.79. The molecule has 0 aliphatic rings. The van der Waals surface area contributed by atoms with Gasteiger partial charge in [-0.25, -0.2) is 4.98 Å². The lowest BCUT2D eigenvalue weighted by molar-refractivity contribution is -0.254. The van der Waals surface area contributed by atoms with Gasteiger partial charge in [-0.15, -0.1) is 0 Å². The summed E-state index contributed by atoms with van der Waals surface area (Å²) < 4.78 is 5.84. The number of oxazole rings is 1. The summed E-state index contributed by atoms with van der Waals surface area (Å²) in [5.41, 5.74) is 3.65. The number of para-hydroxylation sites is 2. The molecular formula is C20H12NO3-. The van der Waals surface area contributed by atoms with Gasteiger partial charge in [0.05, 0.1) is 5.97 Å². The molecule has 24 heavy (non-hydrogen) atoms. The van der Waals surface area contributed by atoms with E-state index in [1.165, 1.54) is 6.07 Å². The van der Waals surface area contributed by atoms with E-state index < -0.39 is 5.97 Å². The molecule has 4 aromatic rings. The molecule has 0 N–H and O–H groups in total. The Bertz CT molecular complexity index is 1020. The van der Waals surface area contributed by atoms with E-state index >= 15 is 0 Å². The molecule has 0 saturated carbocycles. The average Bonchev–Trinajstić information content (AvgIpc) is 3.05. The predicted octanol–water partition coefficient (Wildman–Crippen LogP) is 3.53. The summed E-state index contributed by atoms with van der Waals surface area (Å²) in [4.78, 5) is 15.9. The van der Waals surface area contributed by atoms with Crippen LogP contribution in [-0.4, -0.2) is 11.0 Å². The zero-order valence-corrected chi connectivity index (χ0v) is 12.6. The van der Waals surface area contributed by atoms with Crippen LogP contribution in [0.5, 0.6) is 0 Å². The molecule has 3 aromatic carbocycles. The fourth-order valence-corrected chi connectivity index (χ4v) is 2.79. The van der Waals surface area contributed by atoms with Gasteiger partial charge in [0.2, 0.25) is 5.89 Å². The van der Waals surface area contributed by atoms with Crippen LogP contribution in [-0.2, 0) is 0 Å². The van der Waals surface area contributed by atoms with Crippen LogP contribution >= 0.6 is 0 Å². The van der Waals surface area contributed by atoms with Crippen LogP contribution in [0.3, 0.4) is 0 Å². The third kappa shape index (κ3) is 2.34. The number of fused-ring (bicyclic) bond motifs is 1. The normalized spacial score (nSPS) is 10.8. The Morgan fingerprint density at radius 1 is 0.792 bits per heavy atom. The zero-order valence-electron chi connectivity index (χ0n) is 12.6. The van der Waals surface area contributed by atoms with Crippen molar-refractivity contribution in [2.45, 2.75) is 0 Å². The van der Waals surface area contributed by atoms with E-state index in [0.29, 0.717) is 17.0 Å². The number of aromatic carboxylic acids is 1. The molecule has 0 aliphatic heterocycles. The van der Waals surface area contributed by atoms with Gasteiger partial charge in [-0.3, -0.25) is 0 Å². The maximum Gasteiger partial charge on any atom is 0.227 e. The van der Waals surface area contributed by atoms with Crippen LogP contribution in [0.2, 0.25) is 0 Å². The van der Waals surface area contributed by atoms with Gasteiger partial charge in [0, 0.05) is 11.1 Å². The molecule has 0 amide bonds. The lowest BCUT2D eigenvalue weighted by Gasteiger charge is -2.12. The quantitative estimate of drug-likeness (QED) is 0.580. The van der Waals surface area contributed by atoms with Crippen LogP contribution in [0.1, 0.15) is 10.4 Å². The minimum atomic E-state index is -1.21. The van der Waals surface area contributed by atoms with E-state index in [1.807, 2.05) is 48.5 Å². The van der Waals surface area contributed by atoms with E-state index in [9.17, 15) is 9.90 Å². The molecule has 0 unspecified atom stereocenters. The highest BCUT2D eigenvalue weighted by molar-refractivity contribution is 5.97. The third-order valence-corrected chi connectivity index (χ3v) is 3.89. The van der Waals surface area contributed by atoms with Gasteiger partial charge < -0.3 is 14.3 Å². The summed E-state index contributed by atoms with van der Waals surface area (Å²) in [6, 6.07) is 21.7. The number of benzene rings is 3. The molecule has 0 bridgehead atoms. The third-order valence-electron chi connectivity index (χ3n) is 3.89. The molecule has 0 aliphatic carbocycles. The standard InChI is InChI=1S/C20H13NO3/c22-20(23)16-10-4-2-8-14(16)13-7-1-3-9-15(13)19-21-17-11-5-6-12-18(17)24-19/h1-12H,(H,22,23)/p-1. The number of carboxylic acids is 1. The van der Waals surface area contributed by atoms with Crippen LogP contribution in [0.15, 0.2) is 77.2 Å². The van der Waals surface area contributed by atoms with Gasteiger partial charge in [0.1, 0.15) is 5.52 Å². The molecule has 4 nitrogen and oxygen atoms in total. The van der Waals surface area contributed by atoms with E-state index in [1.54, 1.807) is 18.2 Å². The number of hydrogen-bond donors (Lipinski definition) is 0. The van der Waals surface area contributed by atoms with Gasteiger partial charge in [-0.05, 0) is 29.3 Å². The largest absolute Gasteiger partial charge is 0.545 e. The fraction of sp³-hybridized carbons (Fsp3) is 0. The molecule has 1 heterocycles. The predicted molar refractivity (Wildman–Crippen MR) is 89.2 cm³/mol. The van der Waals surface area contributed by atoms with Crippen molar-refractivity contribution in [3.05, 3.63) is 78.4 Å². The molecule has 116 valence electrons. The first kappa shape index (κ1) is 14.2. The number of carboxylic acid groups (broad SMARTS) is 1. The van der Waals surface area contributed by atoms with Crippen LogP contribution in [0, 0.1) is 0 Å². The molecule has 4 heteroatoms. The minimum absolute atomic E-state index is 0.140. The molecule has 0 radical (unpaired) electrons. The van der Waals surface area contributed by atoms with E-state index in [2.05, 4.69) is 4.98 Å². The van der Waals surface area contributed by atoms with E-state index in [-0.39, 0.29) is 5.56 Å². The van der Waals surface area contributed by atoms with Crippen LogP contribution in [0.25, 0.3) is 33.7 Å². The number of rotatable bonds is 3. The summed E-state index contributed by atoms with van der Waals surface area (Å²) in [5.74, 6) is -0.752. The van der Waals surface area contributed by atoms with Crippen molar-refractivity contribution in [3.63, 3.8) is 0 Å². The smallest absolute Gasteiger partial charge is 0.227 e. The number of carbonyl (C=O) groups is 1. The minimum Gasteiger partial charge on any atom is -0.545 e. The monoisotopic (exact) mass is 314 g/mol. The Labute approximate surface area is 138 Å². The Balaban J connectivity index is 1.95. The van der Waals surface area contributed by atoms with Crippen molar-refractivity contribution in [2.75, 3.05) is 0 Å². The Kier molecular flexibility index (Phi) is 3.35. The van der Waals surface area contributed by atoms with Gasteiger partial charge in [-0.1, -0.05) is 54.6 Å². The Morgan fingerprint density at radius 3 is 2.17 bits per heavy atom. The van der Waals surface area contributed by atoms with Crippen molar-refractivity contribution >= 4 is 17.1 Å². The first-order chi connectivity index (χ1) is 11.7.